The molecule has 0 saturated heterocycles. The molecular formula is C16H14BrFO2. The maximum absolute atomic E-state index is 13.3. The number of benzene rings is 2. The number of rotatable bonds is 4. The fourth-order valence-corrected chi connectivity index (χ4v) is 2.40. The Morgan fingerprint density at radius 2 is 2.00 bits per heavy atom. The topological polar surface area (TPSA) is 26.3 Å². The van der Waals surface area contributed by atoms with Crippen molar-refractivity contribution < 1.29 is 13.9 Å². The molecule has 0 bridgehead atoms. The van der Waals surface area contributed by atoms with Gasteiger partial charge in [-0.25, -0.2) is 4.39 Å². The number of hydrogen-bond donors (Lipinski definition) is 0. The molecule has 0 aromatic heterocycles. The summed E-state index contributed by atoms with van der Waals surface area (Å²) >= 11 is 3.37. The molecule has 0 amide bonds. The molecule has 2 aromatic rings. The van der Waals surface area contributed by atoms with Crippen molar-refractivity contribution in [3.8, 4) is 5.75 Å². The number of ether oxygens (including phenoxy) is 1. The summed E-state index contributed by atoms with van der Waals surface area (Å²) in [5, 5.41) is 0. The number of hydrogen-bond acceptors (Lipinski definition) is 2. The number of carbonyl (C=O) groups excluding carboxylic acids is 1. The van der Waals surface area contributed by atoms with Gasteiger partial charge in [0.15, 0.2) is 5.78 Å². The summed E-state index contributed by atoms with van der Waals surface area (Å²) in [5.74, 6) is 0.0646. The van der Waals surface area contributed by atoms with E-state index in [1.807, 2.05) is 6.92 Å². The first-order valence-corrected chi connectivity index (χ1v) is 7.05. The SMILES string of the molecule is CCOc1ccc(C(=O)c2cc(F)ccc2C)cc1Br. The van der Waals surface area contributed by atoms with E-state index in [-0.39, 0.29) is 5.78 Å². The lowest BCUT2D eigenvalue weighted by atomic mass is 9.99. The van der Waals surface area contributed by atoms with E-state index in [9.17, 15) is 9.18 Å². The van der Waals surface area contributed by atoms with E-state index in [0.717, 1.165) is 5.56 Å². The normalized spacial score (nSPS) is 10.4. The molecule has 0 atom stereocenters. The highest BCUT2D eigenvalue weighted by Gasteiger charge is 2.14. The second kappa shape index (κ2) is 6.18. The summed E-state index contributed by atoms with van der Waals surface area (Å²) in [7, 11) is 0. The van der Waals surface area contributed by atoms with Crippen LogP contribution in [0.4, 0.5) is 4.39 Å². The molecule has 0 heterocycles. The van der Waals surface area contributed by atoms with Gasteiger partial charge in [0, 0.05) is 11.1 Å². The van der Waals surface area contributed by atoms with Crippen LogP contribution in [-0.2, 0) is 0 Å². The molecule has 0 spiro atoms. The average Bonchev–Trinajstić information content (AvgIpc) is 2.43. The summed E-state index contributed by atoms with van der Waals surface area (Å²) in [6.07, 6.45) is 0. The van der Waals surface area contributed by atoms with E-state index in [2.05, 4.69) is 15.9 Å². The third kappa shape index (κ3) is 3.07. The van der Waals surface area contributed by atoms with Crippen LogP contribution < -0.4 is 4.74 Å². The maximum Gasteiger partial charge on any atom is 0.193 e. The van der Waals surface area contributed by atoms with E-state index in [0.29, 0.717) is 28.0 Å². The minimum atomic E-state index is -0.413. The van der Waals surface area contributed by atoms with Crippen LogP contribution in [0.5, 0.6) is 5.75 Å². The van der Waals surface area contributed by atoms with Crippen LogP contribution in [0.25, 0.3) is 0 Å². The van der Waals surface area contributed by atoms with Crippen LogP contribution in [0.3, 0.4) is 0 Å². The molecule has 0 radical (unpaired) electrons. The zero-order valence-electron chi connectivity index (χ0n) is 11.2. The summed E-state index contributed by atoms with van der Waals surface area (Å²) in [6, 6.07) is 9.32. The summed E-state index contributed by atoms with van der Waals surface area (Å²) in [6.45, 7) is 4.23. The molecule has 2 rings (SSSR count). The molecule has 0 saturated carbocycles. The smallest absolute Gasteiger partial charge is 0.193 e. The number of aryl methyl sites for hydroxylation is 1. The van der Waals surface area contributed by atoms with Gasteiger partial charge in [0.05, 0.1) is 11.1 Å². The van der Waals surface area contributed by atoms with Gasteiger partial charge in [-0.15, -0.1) is 0 Å². The lowest BCUT2D eigenvalue weighted by Crippen LogP contribution is -2.05. The van der Waals surface area contributed by atoms with Crippen LogP contribution in [0.15, 0.2) is 40.9 Å². The van der Waals surface area contributed by atoms with Gasteiger partial charge in [-0.05, 0) is 65.7 Å². The molecule has 0 aliphatic rings. The van der Waals surface area contributed by atoms with E-state index in [4.69, 9.17) is 4.74 Å². The molecular weight excluding hydrogens is 323 g/mol. The van der Waals surface area contributed by atoms with Crippen LogP contribution in [0, 0.1) is 12.7 Å². The van der Waals surface area contributed by atoms with Crippen LogP contribution >= 0.6 is 15.9 Å². The molecule has 0 aliphatic heterocycles. The van der Waals surface area contributed by atoms with Gasteiger partial charge in [-0.3, -0.25) is 4.79 Å². The van der Waals surface area contributed by atoms with Gasteiger partial charge >= 0.3 is 0 Å². The molecule has 0 unspecified atom stereocenters. The Balaban J connectivity index is 2.38. The van der Waals surface area contributed by atoms with Crippen molar-refractivity contribution in [2.45, 2.75) is 13.8 Å². The van der Waals surface area contributed by atoms with E-state index < -0.39 is 5.82 Å². The van der Waals surface area contributed by atoms with E-state index >= 15 is 0 Å². The Labute approximate surface area is 125 Å². The van der Waals surface area contributed by atoms with Crippen molar-refractivity contribution in [1.82, 2.24) is 0 Å². The maximum atomic E-state index is 13.3. The van der Waals surface area contributed by atoms with Crippen LogP contribution in [0.2, 0.25) is 0 Å². The zero-order valence-corrected chi connectivity index (χ0v) is 12.8. The third-order valence-electron chi connectivity index (χ3n) is 2.94. The standard InChI is InChI=1S/C16H14BrFO2/c1-3-20-15-7-5-11(8-14(15)17)16(19)13-9-12(18)6-4-10(13)2/h4-9H,3H2,1-2H3. The minimum Gasteiger partial charge on any atom is -0.493 e. The minimum absolute atomic E-state index is 0.203. The molecule has 0 N–H and O–H groups in total. The quantitative estimate of drug-likeness (QED) is 0.767. The highest BCUT2D eigenvalue weighted by atomic mass is 79.9. The van der Waals surface area contributed by atoms with Gasteiger partial charge in [0.25, 0.3) is 0 Å². The second-order valence-electron chi connectivity index (χ2n) is 4.37. The van der Waals surface area contributed by atoms with Crippen LogP contribution in [-0.4, -0.2) is 12.4 Å². The first-order valence-electron chi connectivity index (χ1n) is 6.26. The van der Waals surface area contributed by atoms with Gasteiger partial charge in [0.1, 0.15) is 11.6 Å². The Bertz CT molecular complexity index is 653. The Morgan fingerprint density at radius 3 is 2.65 bits per heavy atom. The van der Waals surface area contributed by atoms with Crippen molar-refractivity contribution in [1.29, 1.82) is 0 Å². The number of ketones is 1. The molecule has 20 heavy (non-hydrogen) atoms. The zero-order chi connectivity index (χ0) is 14.7. The van der Waals surface area contributed by atoms with Crippen molar-refractivity contribution in [2.75, 3.05) is 6.61 Å². The predicted molar refractivity (Wildman–Crippen MR) is 79.9 cm³/mol. The van der Waals surface area contributed by atoms with Gasteiger partial charge < -0.3 is 4.74 Å². The summed E-state index contributed by atoms with van der Waals surface area (Å²) in [5.41, 5.74) is 1.62. The van der Waals surface area contributed by atoms with Gasteiger partial charge in [-0.2, -0.15) is 0 Å². The Morgan fingerprint density at radius 1 is 1.25 bits per heavy atom. The van der Waals surface area contributed by atoms with Gasteiger partial charge in [-0.1, -0.05) is 6.07 Å². The molecule has 0 aliphatic carbocycles. The lowest BCUT2D eigenvalue weighted by Gasteiger charge is -2.09. The van der Waals surface area contributed by atoms with E-state index in [1.54, 1.807) is 31.2 Å². The highest BCUT2D eigenvalue weighted by Crippen LogP contribution is 2.27. The van der Waals surface area contributed by atoms with Crippen LogP contribution in [0.1, 0.15) is 28.4 Å². The molecule has 2 nitrogen and oxygen atoms in total. The van der Waals surface area contributed by atoms with Crippen molar-refractivity contribution >= 4 is 21.7 Å². The summed E-state index contributed by atoms with van der Waals surface area (Å²) in [4.78, 5) is 12.4. The molecule has 104 valence electrons. The monoisotopic (exact) mass is 336 g/mol. The lowest BCUT2D eigenvalue weighted by molar-refractivity contribution is 0.103. The summed E-state index contributed by atoms with van der Waals surface area (Å²) < 4.78 is 19.4. The second-order valence-corrected chi connectivity index (χ2v) is 5.22. The molecule has 0 fully saturated rings. The first-order chi connectivity index (χ1) is 9.52. The fourth-order valence-electron chi connectivity index (χ4n) is 1.91. The van der Waals surface area contributed by atoms with E-state index in [1.165, 1.54) is 12.1 Å². The number of halogens is 2. The fraction of sp³-hybridized carbons (Fsp3) is 0.188. The predicted octanol–water partition coefficient (Wildman–Crippen LogP) is 4.53. The molecule has 4 heteroatoms. The molecule has 2 aromatic carbocycles. The van der Waals surface area contributed by atoms with Crippen molar-refractivity contribution in [3.05, 3.63) is 63.4 Å². The van der Waals surface area contributed by atoms with Crippen molar-refractivity contribution in [3.63, 3.8) is 0 Å². The first kappa shape index (κ1) is 14.7. The largest absolute Gasteiger partial charge is 0.493 e. The number of carbonyl (C=O) groups is 1. The highest BCUT2D eigenvalue weighted by molar-refractivity contribution is 9.10. The average molecular weight is 337 g/mol. The van der Waals surface area contributed by atoms with Gasteiger partial charge in [0.2, 0.25) is 0 Å². The Kier molecular flexibility index (Phi) is 4.55. The van der Waals surface area contributed by atoms with Crippen molar-refractivity contribution in [2.24, 2.45) is 0 Å². The Hall–Kier alpha value is -1.68. The third-order valence-corrected chi connectivity index (χ3v) is 3.56.